The fraction of sp³-hybridized carbons (Fsp3) is 0.409. The second-order valence-corrected chi connectivity index (χ2v) is 12.3. The van der Waals surface area contributed by atoms with Gasteiger partial charge in [-0.25, -0.2) is 0 Å². The monoisotopic (exact) mass is 352 g/mol. The quantitative estimate of drug-likeness (QED) is 0.775. The number of Topliss-reactive ketones (excluding diaryl/α,β-unsaturated/α-hetero) is 1. The van der Waals surface area contributed by atoms with Gasteiger partial charge < -0.3 is 4.43 Å². The van der Waals surface area contributed by atoms with Crippen LogP contribution < -0.4 is 10.4 Å². The summed E-state index contributed by atoms with van der Waals surface area (Å²) in [6, 6.07) is 21.3. The van der Waals surface area contributed by atoms with Crippen LogP contribution in [0.2, 0.25) is 5.04 Å². The van der Waals surface area contributed by atoms with E-state index in [0.29, 0.717) is 18.6 Å². The van der Waals surface area contributed by atoms with Crippen molar-refractivity contribution in [2.45, 2.75) is 57.6 Å². The maximum Gasteiger partial charge on any atom is 0.261 e. The predicted octanol–water partition coefficient (Wildman–Crippen LogP) is 4.07. The topological polar surface area (TPSA) is 26.3 Å². The fourth-order valence-electron chi connectivity index (χ4n) is 4.03. The molecule has 25 heavy (non-hydrogen) atoms. The van der Waals surface area contributed by atoms with Crippen LogP contribution in [0.5, 0.6) is 0 Å². The first-order chi connectivity index (χ1) is 11.9. The van der Waals surface area contributed by atoms with Gasteiger partial charge in [-0.3, -0.25) is 4.79 Å². The summed E-state index contributed by atoms with van der Waals surface area (Å²) in [5.74, 6) is 0.342. The van der Waals surface area contributed by atoms with Crippen LogP contribution >= 0.6 is 0 Å². The molecule has 3 rings (SSSR count). The van der Waals surface area contributed by atoms with Crippen molar-refractivity contribution in [1.29, 1.82) is 0 Å². The molecule has 0 spiro atoms. The van der Waals surface area contributed by atoms with Crippen molar-refractivity contribution >= 4 is 24.5 Å². The minimum absolute atomic E-state index is 0.0315. The lowest BCUT2D eigenvalue weighted by molar-refractivity contribution is -0.122. The molecule has 0 aromatic heterocycles. The molecule has 0 bridgehead atoms. The van der Waals surface area contributed by atoms with Crippen molar-refractivity contribution in [3.8, 4) is 0 Å². The Balaban J connectivity index is 2.13. The fourth-order valence-corrected chi connectivity index (χ4v) is 8.74. The minimum Gasteiger partial charge on any atom is -0.404 e. The van der Waals surface area contributed by atoms with Gasteiger partial charge in [-0.2, -0.15) is 0 Å². The van der Waals surface area contributed by atoms with E-state index in [0.717, 1.165) is 12.8 Å². The van der Waals surface area contributed by atoms with Gasteiger partial charge in [0.1, 0.15) is 5.78 Å². The molecule has 0 saturated heterocycles. The number of benzene rings is 2. The molecule has 132 valence electrons. The van der Waals surface area contributed by atoms with Gasteiger partial charge in [-0.1, -0.05) is 81.4 Å². The first kappa shape index (κ1) is 18.1. The predicted molar refractivity (Wildman–Crippen MR) is 106 cm³/mol. The molecular weight excluding hydrogens is 324 g/mol. The van der Waals surface area contributed by atoms with Crippen molar-refractivity contribution in [2.75, 3.05) is 0 Å². The molecule has 2 aromatic rings. The number of hydrogen-bond donors (Lipinski definition) is 0. The third-order valence-corrected chi connectivity index (χ3v) is 10.3. The Morgan fingerprint density at radius 1 is 0.920 bits per heavy atom. The van der Waals surface area contributed by atoms with Crippen LogP contribution in [0.15, 0.2) is 60.7 Å². The molecule has 2 aromatic carbocycles. The summed E-state index contributed by atoms with van der Waals surface area (Å²) < 4.78 is 7.00. The molecule has 1 atom stereocenters. The van der Waals surface area contributed by atoms with Crippen molar-refractivity contribution in [3.05, 3.63) is 60.7 Å². The van der Waals surface area contributed by atoms with Crippen LogP contribution in [0, 0.1) is 0 Å². The Morgan fingerprint density at radius 3 is 1.88 bits per heavy atom. The Kier molecular flexibility index (Phi) is 5.26. The molecule has 1 aliphatic rings. The van der Waals surface area contributed by atoms with E-state index in [-0.39, 0.29) is 11.1 Å². The van der Waals surface area contributed by atoms with Crippen LogP contribution in [-0.2, 0) is 9.22 Å². The van der Waals surface area contributed by atoms with Gasteiger partial charge in [0.2, 0.25) is 0 Å². The molecule has 1 saturated carbocycles. The first-order valence-corrected chi connectivity index (χ1v) is 11.1. The zero-order chi connectivity index (χ0) is 17.9. The Morgan fingerprint density at radius 2 is 1.44 bits per heavy atom. The number of rotatable bonds is 4. The number of hydrogen-bond acceptors (Lipinski definition) is 2. The zero-order valence-electron chi connectivity index (χ0n) is 15.5. The molecule has 0 N–H and O–H groups in total. The second-order valence-electron chi connectivity index (χ2n) is 8.04. The second kappa shape index (κ2) is 7.26. The number of carbonyl (C=O) groups is 1. The van der Waals surface area contributed by atoms with Gasteiger partial charge in [0.25, 0.3) is 8.32 Å². The zero-order valence-corrected chi connectivity index (χ0v) is 16.5. The van der Waals surface area contributed by atoms with Gasteiger partial charge in [0.05, 0.1) is 6.10 Å². The van der Waals surface area contributed by atoms with Crippen LogP contribution in [0.3, 0.4) is 0 Å². The maximum absolute atomic E-state index is 12.0. The van der Waals surface area contributed by atoms with Crippen molar-refractivity contribution in [3.63, 3.8) is 0 Å². The van der Waals surface area contributed by atoms with E-state index in [1.807, 2.05) is 0 Å². The number of carbonyl (C=O) groups excluding carboxylic acids is 1. The smallest absolute Gasteiger partial charge is 0.261 e. The lowest BCUT2D eigenvalue weighted by Crippen LogP contribution is -2.67. The third kappa shape index (κ3) is 3.63. The summed E-state index contributed by atoms with van der Waals surface area (Å²) in [5.41, 5.74) is 0. The highest BCUT2D eigenvalue weighted by molar-refractivity contribution is 6.99. The van der Waals surface area contributed by atoms with E-state index >= 15 is 0 Å². The van der Waals surface area contributed by atoms with Crippen LogP contribution in [0.25, 0.3) is 0 Å². The molecule has 1 aliphatic carbocycles. The highest BCUT2D eigenvalue weighted by atomic mass is 28.4. The Hall–Kier alpha value is -1.71. The van der Waals surface area contributed by atoms with Crippen molar-refractivity contribution in [2.24, 2.45) is 0 Å². The van der Waals surface area contributed by atoms with E-state index in [1.54, 1.807) is 0 Å². The SMILES string of the molecule is CC(C)(C)[Si](O[C@@H]1CCCC(=O)C1)(c1ccccc1)c1ccccc1. The molecular formula is C22H28O2Si. The Labute approximate surface area is 152 Å². The highest BCUT2D eigenvalue weighted by Gasteiger charge is 2.51. The molecule has 1 fully saturated rings. The summed E-state index contributed by atoms with van der Waals surface area (Å²) >= 11 is 0. The molecule has 0 amide bonds. The van der Waals surface area contributed by atoms with E-state index < -0.39 is 8.32 Å². The Bertz CT molecular complexity index is 664. The van der Waals surface area contributed by atoms with Crippen LogP contribution in [0.4, 0.5) is 0 Å². The molecule has 2 nitrogen and oxygen atoms in total. The largest absolute Gasteiger partial charge is 0.404 e. The van der Waals surface area contributed by atoms with E-state index in [4.69, 9.17) is 4.43 Å². The lowest BCUT2D eigenvalue weighted by atomic mass is 9.97. The maximum atomic E-state index is 12.0. The lowest BCUT2D eigenvalue weighted by Gasteiger charge is -2.45. The van der Waals surface area contributed by atoms with Gasteiger partial charge in [-0.15, -0.1) is 0 Å². The van der Waals surface area contributed by atoms with Gasteiger partial charge >= 0.3 is 0 Å². The molecule has 0 aliphatic heterocycles. The standard InChI is InChI=1S/C22H28O2Si/c1-22(2,3)25(20-13-6-4-7-14-20,21-15-8-5-9-16-21)24-19-12-10-11-18(23)17-19/h4-9,13-16,19H,10-12,17H2,1-3H3/t19-/m1/s1. The van der Waals surface area contributed by atoms with Gasteiger partial charge in [-0.05, 0) is 28.3 Å². The van der Waals surface area contributed by atoms with Gasteiger partial charge in [0.15, 0.2) is 0 Å². The minimum atomic E-state index is -2.52. The first-order valence-electron chi connectivity index (χ1n) is 9.24. The number of ketones is 1. The summed E-state index contributed by atoms with van der Waals surface area (Å²) in [6.07, 6.45) is 3.23. The van der Waals surface area contributed by atoms with E-state index in [1.165, 1.54) is 10.4 Å². The van der Waals surface area contributed by atoms with Crippen LogP contribution in [0.1, 0.15) is 46.5 Å². The average molecular weight is 353 g/mol. The molecule has 0 heterocycles. The summed E-state index contributed by atoms with van der Waals surface area (Å²) in [7, 11) is -2.52. The molecule has 0 unspecified atom stereocenters. The summed E-state index contributed by atoms with van der Waals surface area (Å²) in [5, 5.41) is 2.54. The van der Waals surface area contributed by atoms with Gasteiger partial charge in [0, 0.05) is 12.8 Å². The molecule has 3 heteroatoms. The van der Waals surface area contributed by atoms with E-state index in [2.05, 4.69) is 81.4 Å². The van der Waals surface area contributed by atoms with E-state index in [9.17, 15) is 4.79 Å². The van der Waals surface area contributed by atoms with Crippen LogP contribution in [-0.4, -0.2) is 20.2 Å². The molecule has 0 radical (unpaired) electrons. The highest BCUT2D eigenvalue weighted by Crippen LogP contribution is 2.38. The van der Waals surface area contributed by atoms with Crippen molar-refractivity contribution < 1.29 is 9.22 Å². The third-order valence-electron chi connectivity index (χ3n) is 5.20. The summed E-state index contributed by atoms with van der Waals surface area (Å²) in [4.78, 5) is 12.0. The normalized spacial score (nSPS) is 19.0. The summed E-state index contributed by atoms with van der Waals surface area (Å²) in [6.45, 7) is 6.84. The van der Waals surface area contributed by atoms with Crippen molar-refractivity contribution in [1.82, 2.24) is 0 Å². The average Bonchev–Trinajstić information content (AvgIpc) is 2.60.